The monoisotopic (exact) mass is 340 g/mol. The second-order valence-electron chi connectivity index (χ2n) is 5.19. The molecule has 3 rings (SSSR count). The van der Waals surface area contributed by atoms with Gasteiger partial charge in [-0.1, -0.05) is 17.3 Å². The highest BCUT2D eigenvalue weighted by atomic mass is 16.5. The number of nitrogens with zero attached hydrogens (tertiary/aromatic N) is 3. The van der Waals surface area contributed by atoms with Crippen LogP contribution in [0.3, 0.4) is 0 Å². The highest BCUT2D eigenvalue weighted by molar-refractivity contribution is 6.01. The van der Waals surface area contributed by atoms with E-state index in [9.17, 15) is 9.59 Å². The summed E-state index contributed by atoms with van der Waals surface area (Å²) in [5.41, 5.74) is 2.00. The van der Waals surface area contributed by atoms with E-state index in [1.165, 1.54) is 25.0 Å². The minimum Gasteiger partial charge on any atom is -0.497 e. The molecule has 1 amide bonds. The Balaban J connectivity index is 1.82. The summed E-state index contributed by atoms with van der Waals surface area (Å²) in [5.74, 6) is -0.424. The van der Waals surface area contributed by atoms with E-state index >= 15 is 0 Å². The van der Waals surface area contributed by atoms with Gasteiger partial charge in [0, 0.05) is 0 Å². The fourth-order valence-corrected chi connectivity index (χ4v) is 2.40. The molecule has 1 heterocycles. The lowest BCUT2D eigenvalue weighted by atomic mass is 10.1. The first-order valence-electron chi connectivity index (χ1n) is 7.47. The lowest BCUT2D eigenvalue weighted by Crippen LogP contribution is -2.21. The zero-order valence-corrected chi connectivity index (χ0v) is 13.7. The Labute approximate surface area is 143 Å². The molecule has 25 heavy (non-hydrogen) atoms. The molecule has 1 aromatic heterocycles. The Morgan fingerprint density at radius 1 is 1.16 bits per heavy atom. The van der Waals surface area contributed by atoms with Crippen molar-refractivity contribution in [3.63, 3.8) is 0 Å². The maximum absolute atomic E-state index is 12.4. The zero-order chi connectivity index (χ0) is 17.8. The maximum Gasteiger partial charge on any atom is 0.340 e. The molecule has 8 heteroatoms. The van der Waals surface area contributed by atoms with Crippen molar-refractivity contribution in [2.24, 2.45) is 0 Å². The van der Waals surface area contributed by atoms with Gasteiger partial charge in [0.05, 0.1) is 31.0 Å². The van der Waals surface area contributed by atoms with E-state index in [-0.39, 0.29) is 18.0 Å². The molecule has 0 fully saturated rings. The van der Waals surface area contributed by atoms with Crippen LogP contribution in [0.15, 0.2) is 42.5 Å². The number of fused-ring (bicyclic) bond motifs is 1. The van der Waals surface area contributed by atoms with E-state index in [0.29, 0.717) is 17.0 Å². The molecule has 0 unspecified atom stereocenters. The molecule has 3 aromatic rings. The van der Waals surface area contributed by atoms with Crippen LogP contribution >= 0.6 is 0 Å². The molecule has 1 N–H and O–H groups in total. The van der Waals surface area contributed by atoms with Gasteiger partial charge < -0.3 is 14.8 Å². The fourth-order valence-electron chi connectivity index (χ4n) is 2.40. The number of esters is 1. The molecule has 0 saturated carbocycles. The van der Waals surface area contributed by atoms with Crippen molar-refractivity contribution < 1.29 is 19.1 Å². The van der Waals surface area contributed by atoms with Gasteiger partial charge in [-0.3, -0.25) is 4.79 Å². The Hall–Kier alpha value is -3.42. The highest BCUT2D eigenvalue weighted by Crippen LogP contribution is 2.23. The van der Waals surface area contributed by atoms with Crippen molar-refractivity contribution in [1.29, 1.82) is 0 Å². The average molecular weight is 340 g/mol. The summed E-state index contributed by atoms with van der Waals surface area (Å²) >= 11 is 0. The van der Waals surface area contributed by atoms with Gasteiger partial charge in [-0.15, -0.1) is 5.10 Å². The number of nitrogens with one attached hydrogen (secondary N) is 1. The van der Waals surface area contributed by atoms with Crippen LogP contribution in [0.5, 0.6) is 5.75 Å². The maximum atomic E-state index is 12.4. The summed E-state index contributed by atoms with van der Waals surface area (Å²) in [6, 6.07) is 12.1. The predicted molar refractivity (Wildman–Crippen MR) is 90.5 cm³/mol. The lowest BCUT2D eigenvalue weighted by Gasteiger charge is -2.11. The van der Waals surface area contributed by atoms with Gasteiger partial charge in [-0.25, -0.2) is 9.48 Å². The third kappa shape index (κ3) is 3.42. The van der Waals surface area contributed by atoms with E-state index in [1.807, 2.05) is 24.3 Å². The standard InChI is InChI=1S/C17H16N4O4/c1-24-11-7-8-13(12(9-11)17(23)25-2)18-16(22)10-21-15-6-4-3-5-14(15)19-20-21/h3-9H,10H2,1-2H3,(H,18,22). The van der Waals surface area contributed by atoms with Crippen LogP contribution in [0.25, 0.3) is 11.0 Å². The van der Waals surface area contributed by atoms with Crippen molar-refractivity contribution in [3.05, 3.63) is 48.0 Å². The SMILES string of the molecule is COC(=O)c1cc(OC)ccc1NC(=O)Cn1nnc2ccccc21. The van der Waals surface area contributed by atoms with E-state index in [0.717, 1.165) is 5.52 Å². The van der Waals surface area contributed by atoms with Crippen LogP contribution < -0.4 is 10.1 Å². The van der Waals surface area contributed by atoms with Crippen LogP contribution in [0.1, 0.15) is 10.4 Å². The van der Waals surface area contributed by atoms with Crippen LogP contribution in [0.2, 0.25) is 0 Å². The minimum atomic E-state index is -0.569. The molecule has 0 aliphatic rings. The molecule has 2 aromatic carbocycles. The Morgan fingerprint density at radius 3 is 2.72 bits per heavy atom. The molecule has 0 bridgehead atoms. The summed E-state index contributed by atoms with van der Waals surface area (Å²) in [4.78, 5) is 24.3. The zero-order valence-electron chi connectivity index (χ0n) is 13.7. The number of ether oxygens (including phenoxy) is 2. The number of methoxy groups -OCH3 is 2. The number of anilines is 1. The van der Waals surface area contributed by atoms with Crippen molar-refractivity contribution >= 4 is 28.6 Å². The second kappa shape index (κ2) is 7.00. The number of hydrogen-bond donors (Lipinski definition) is 1. The number of benzene rings is 2. The molecule has 128 valence electrons. The van der Waals surface area contributed by atoms with Gasteiger partial charge in [-0.05, 0) is 30.3 Å². The van der Waals surface area contributed by atoms with Gasteiger partial charge in [0.15, 0.2) is 0 Å². The fraction of sp³-hybridized carbons (Fsp3) is 0.176. The second-order valence-corrected chi connectivity index (χ2v) is 5.19. The molecule has 0 saturated heterocycles. The van der Waals surface area contributed by atoms with Crippen LogP contribution in [0.4, 0.5) is 5.69 Å². The topological polar surface area (TPSA) is 95.3 Å². The molecular formula is C17H16N4O4. The number of hydrogen-bond acceptors (Lipinski definition) is 6. The Morgan fingerprint density at radius 2 is 1.96 bits per heavy atom. The number of aromatic nitrogens is 3. The van der Waals surface area contributed by atoms with Gasteiger partial charge in [-0.2, -0.15) is 0 Å². The normalized spacial score (nSPS) is 10.5. The number of carbonyl (C=O) groups excluding carboxylic acids is 2. The van der Waals surface area contributed by atoms with E-state index in [1.54, 1.807) is 12.1 Å². The smallest absolute Gasteiger partial charge is 0.340 e. The van der Waals surface area contributed by atoms with Crippen molar-refractivity contribution in [2.75, 3.05) is 19.5 Å². The number of para-hydroxylation sites is 1. The van der Waals surface area contributed by atoms with Crippen LogP contribution in [-0.2, 0) is 16.1 Å². The van der Waals surface area contributed by atoms with E-state index in [2.05, 4.69) is 15.6 Å². The Bertz CT molecular complexity index is 935. The number of amides is 1. The molecule has 0 spiro atoms. The first-order valence-corrected chi connectivity index (χ1v) is 7.47. The van der Waals surface area contributed by atoms with Crippen molar-refractivity contribution in [1.82, 2.24) is 15.0 Å². The third-order valence-electron chi connectivity index (χ3n) is 3.62. The van der Waals surface area contributed by atoms with Crippen molar-refractivity contribution in [2.45, 2.75) is 6.54 Å². The average Bonchev–Trinajstić information content (AvgIpc) is 3.04. The number of carbonyl (C=O) groups is 2. The van der Waals surface area contributed by atoms with Crippen LogP contribution in [0, 0.1) is 0 Å². The highest BCUT2D eigenvalue weighted by Gasteiger charge is 2.16. The summed E-state index contributed by atoms with van der Waals surface area (Å²) in [6.45, 7) is -0.0346. The molecule has 0 atom stereocenters. The van der Waals surface area contributed by atoms with E-state index < -0.39 is 5.97 Å². The molecule has 8 nitrogen and oxygen atoms in total. The summed E-state index contributed by atoms with van der Waals surface area (Å²) < 4.78 is 11.3. The first-order chi connectivity index (χ1) is 12.1. The molecule has 0 radical (unpaired) electrons. The largest absolute Gasteiger partial charge is 0.497 e. The summed E-state index contributed by atoms with van der Waals surface area (Å²) in [5, 5.41) is 10.7. The van der Waals surface area contributed by atoms with Gasteiger partial charge >= 0.3 is 5.97 Å². The van der Waals surface area contributed by atoms with Crippen LogP contribution in [-0.4, -0.2) is 41.1 Å². The third-order valence-corrected chi connectivity index (χ3v) is 3.62. The van der Waals surface area contributed by atoms with Crippen molar-refractivity contribution in [3.8, 4) is 5.75 Å². The first kappa shape index (κ1) is 16.4. The Kier molecular flexibility index (Phi) is 4.60. The number of rotatable bonds is 5. The summed E-state index contributed by atoms with van der Waals surface area (Å²) in [7, 11) is 2.76. The molecule has 0 aliphatic heterocycles. The predicted octanol–water partition coefficient (Wildman–Crippen LogP) is 1.87. The molecule has 0 aliphatic carbocycles. The molecular weight excluding hydrogens is 324 g/mol. The lowest BCUT2D eigenvalue weighted by molar-refractivity contribution is -0.116. The van der Waals surface area contributed by atoms with E-state index in [4.69, 9.17) is 9.47 Å². The van der Waals surface area contributed by atoms with Gasteiger partial charge in [0.25, 0.3) is 0 Å². The quantitative estimate of drug-likeness (QED) is 0.712. The summed E-state index contributed by atoms with van der Waals surface area (Å²) in [6.07, 6.45) is 0. The van der Waals surface area contributed by atoms with Gasteiger partial charge in [0.2, 0.25) is 5.91 Å². The minimum absolute atomic E-state index is 0.0346. The van der Waals surface area contributed by atoms with Gasteiger partial charge in [0.1, 0.15) is 17.8 Å².